The van der Waals surface area contributed by atoms with Crippen LogP contribution in [-0.4, -0.2) is 14.1 Å². The van der Waals surface area contributed by atoms with E-state index in [-0.39, 0.29) is 6.04 Å². The monoisotopic (exact) mass is 276 g/mol. The van der Waals surface area contributed by atoms with Crippen molar-refractivity contribution in [2.24, 2.45) is 5.73 Å². The van der Waals surface area contributed by atoms with Crippen molar-refractivity contribution in [3.8, 4) is 0 Å². The third-order valence-corrected chi connectivity index (χ3v) is 3.93. The lowest BCUT2D eigenvalue weighted by atomic mass is 9.99. The first kappa shape index (κ1) is 17.0. The lowest BCUT2D eigenvalue weighted by Gasteiger charge is -2.17. The van der Waals surface area contributed by atoms with Crippen LogP contribution >= 0.6 is 0 Å². The van der Waals surface area contributed by atoms with E-state index in [2.05, 4.69) is 50.2 Å². The maximum absolute atomic E-state index is 6.31. The zero-order valence-electron chi connectivity index (χ0n) is 13.6. The van der Waals surface area contributed by atoms with Gasteiger partial charge in [-0.15, -0.1) is 0 Å². The number of hydrogen-bond donors (Lipinski definition) is 1. The van der Waals surface area contributed by atoms with Crippen molar-refractivity contribution >= 4 is 5.69 Å². The first-order valence-electron chi connectivity index (χ1n) is 8.18. The summed E-state index contributed by atoms with van der Waals surface area (Å²) < 4.78 is 0. The van der Waals surface area contributed by atoms with Crippen LogP contribution in [0.15, 0.2) is 24.3 Å². The highest BCUT2D eigenvalue weighted by Gasteiger charge is 2.07. The van der Waals surface area contributed by atoms with Gasteiger partial charge in [0.05, 0.1) is 0 Å². The molecule has 0 radical (unpaired) electrons. The molecule has 114 valence electrons. The average Bonchev–Trinajstić information content (AvgIpc) is 2.46. The van der Waals surface area contributed by atoms with Gasteiger partial charge in [0.1, 0.15) is 0 Å². The van der Waals surface area contributed by atoms with Crippen molar-refractivity contribution in [2.45, 2.75) is 64.3 Å². The van der Waals surface area contributed by atoms with E-state index in [0.29, 0.717) is 0 Å². The molecule has 0 saturated heterocycles. The van der Waals surface area contributed by atoms with Crippen molar-refractivity contribution in [3.63, 3.8) is 0 Å². The Morgan fingerprint density at radius 3 is 2.30 bits per heavy atom. The van der Waals surface area contributed by atoms with Crippen molar-refractivity contribution in [3.05, 3.63) is 29.8 Å². The smallest absolute Gasteiger partial charge is 0.0364 e. The van der Waals surface area contributed by atoms with Crippen LogP contribution in [0.2, 0.25) is 0 Å². The molecular formula is C18H32N2. The quantitative estimate of drug-likeness (QED) is 0.616. The Kier molecular flexibility index (Phi) is 8.36. The molecule has 20 heavy (non-hydrogen) atoms. The fourth-order valence-electron chi connectivity index (χ4n) is 2.52. The summed E-state index contributed by atoms with van der Waals surface area (Å²) in [5.41, 5.74) is 8.81. The highest BCUT2D eigenvalue weighted by atomic mass is 15.1. The number of nitrogens with two attached hydrogens (primary N) is 1. The molecular weight excluding hydrogens is 244 g/mol. The molecule has 1 unspecified atom stereocenters. The molecule has 1 atom stereocenters. The molecule has 0 saturated carbocycles. The Bertz CT molecular complexity index is 360. The van der Waals surface area contributed by atoms with Crippen molar-refractivity contribution < 1.29 is 0 Å². The molecule has 2 heteroatoms. The van der Waals surface area contributed by atoms with Crippen LogP contribution < -0.4 is 10.6 Å². The second-order valence-corrected chi connectivity index (χ2v) is 6.01. The largest absolute Gasteiger partial charge is 0.378 e. The van der Waals surface area contributed by atoms with Crippen LogP contribution in [0.5, 0.6) is 0 Å². The lowest BCUT2D eigenvalue weighted by molar-refractivity contribution is 0.541. The zero-order valence-corrected chi connectivity index (χ0v) is 13.6. The fourth-order valence-corrected chi connectivity index (χ4v) is 2.52. The van der Waals surface area contributed by atoms with E-state index in [9.17, 15) is 0 Å². The molecule has 2 nitrogen and oxygen atoms in total. The van der Waals surface area contributed by atoms with Gasteiger partial charge in [-0.1, -0.05) is 64.0 Å². The SMILES string of the molecule is CCCCCCCCCC(N)c1cccc(N(C)C)c1. The molecule has 2 N–H and O–H groups in total. The van der Waals surface area contributed by atoms with E-state index in [1.807, 2.05) is 0 Å². The Morgan fingerprint density at radius 1 is 1.00 bits per heavy atom. The van der Waals surface area contributed by atoms with Crippen LogP contribution in [0.4, 0.5) is 5.69 Å². The van der Waals surface area contributed by atoms with E-state index >= 15 is 0 Å². The number of unbranched alkanes of at least 4 members (excludes halogenated alkanes) is 6. The Morgan fingerprint density at radius 2 is 1.65 bits per heavy atom. The molecule has 0 amide bonds. The molecule has 0 aliphatic carbocycles. The minimum absolute atomic E-state index is 0.186. The van der Waals surface area contributed by atoms with E-state index in [0.717, 1.165) is 6.42 Å². The number of rotatable bonds is 10. The minimum Gasteiger partial charge on any atom is -0.378 e. The third kappa shape index (κ3) is 6.42. The van der Waals surface area contributed by atoms with Crippen LogP contribution in [0.25, 0.3) is 0 Å². The molecule has 0 spiro atoms. The van der Waals surface area contributed by atoms with E-state index in [4.69, 9.17) is 5.73 Å². The van der Waals surface area contributed by atoms with Gasteiger partial charge in [-0.05, 0) is 24.1 Å². The summed E-state index contributed by atoms with van der Waals surface area (Å²) in [6, 6.07) is 8.79. The van der Waals surface area contributed by atoms with Crippen LogP contribution in [-0.2, 0) is 0 Å². The summed E-state index contributed by atoms with van der Waals surface area (Å²) >= 11 is 0. The van der Waals surface area contributed by atoms with Crippen molar-refractivity contribution in [2.75, 3.05) is 19.0 Å². The second kappa shape index (κ2) is 9.82. The van der Waals surface area contributed by atoms with Gasteiger partial charge >= 0.3 is 0 Å². The summed E-state index contributed by atoms with van der Waals surface area (Å²) in [6.45, 7) is 2.26. The zero-order chi connectivity index (χ0) is 14.8. The van der Waals surface area contributed by atoms with E-state index in [1.165, 1.54) is 56.2 Å². The summed E-state index contributed by atoms with van der Waals surface area (Å²) in [5.74, 6) is 0. The van der Waals surface area contributed by atoms with Crippen molar-refractivity contribution in [1.82, 2.24) is 0 Å². The minimum atomic E-state index is 0.186. The molecule has 0 fully saturated rings. The molecule has 0 aliphatic heterocycles. The topological polar surface area (TPSA) is 29.3 Å². The molecule has 0 heterocycles. The Labute approximate surface area is 125 Å². The Hall–Kier alpha value is -1.02. The first-order valence-corrected chi connectivity index (χ1v) is 8.18. The molecule has 0 aromatic heterocycles. The normalized spacial score (nSPS) is 12.4. The molecule has 0 aliphatic rings. The van der Waals surface area contributed by atoms with Crippen LogP contribution in [0, 0.1) is 0 Å². The van der Waals surface area contributed by atoms with Gasteiger partial charge in [-0.25, -0.2) is 0 Å². The van der Waals surface area contributed by atoms with Crippen LogP contribution in [0.3, 0.4) is 0 Å². The summed E-state index contributed by atoms with van der Waals surface area (Å²) in [5, 5.41) is 0. The van der Waals surface area contributed by atoms with Gasteiger partial charge in [0.2, 0.25) is 0 Å². The van der Waals surface area contributed by atoms with Gasteiger partial charge < -0.3 is 10.6 Å². The summed E-state index contributed by atoms with van der Waals surface area (Å²) in [6.07, 6.45) is 10.5. The maximum atomic E-state index is 6.31. The van der Waals surface area contributed by atoms with Gasteiger partial charge in [-0.2, -0.15) is 0 Å². The fraction of sp³-hybridized carbons (Fsp3) is 0.667. The van der Waals surface area contributed by atoms with Gasteiger partial charge in [0.15, 0.2) is 0 Å². The third-order valence-electron chi connectivity index (χ3n) is 3.93. The number of benzene rings is 1. The molecule has 0 bridgehead atoms. The Balaban J connectivity index is 2.25. The number of hydrogen-bond acceptors (Lipinski definition) is 2. The maximum Gasteiger partial charge on any atom is 0.0364 e. The highest BCUT2D eigenvalue weighted by molar-refractivity contribution is 5.47. The lowest BCUT2D eigenvalue weighted by Crippen LogP contribution is -2.13. The summed E-state index contributed by atoms with van der Waals surface area (Å²) in [7, 11) is 4.14. The van der Waals surface area contributed by atoms with Crippen LogP contribution in [0.1, 0.15) is 69.9 Å². The van der Waals surface area contributed by atoms with Gasteiger partial charge in [0.25, 0.3) is 0 Å². The molecule has 1 rings (SSSR count). The highest BCUT2D eigenvalue weighted by Crippen LogP contribution is 2.22. The van der Waals surface area contributed by atoms with E-state index in [1.54, 1.807) is 0 Å². The average molecular weight is 276 g/mol. The predicted molar refractivity (Wildman–Crippen MR) is 90.3 cm³/mol. The van der Waals surface area contributed by atoms with Gasteiger partial charge in [-0.3, -0.25) is 0 Å². The first-order chi connectivity index (χ1) is 9.65. The molecule has 1 aromatic rings. The van der Waals surface area contributed by atoms with Gasteiger partial charge in [0, 0.05) is 25.8 Å². The predicted octanol–water partition coefficient (Wildman–Crippen LogP) is 4.89. The molecule has 1 aromatic carbocycles. The standard InChI is InChI=1S/C18H32N2/c1-4-5-6-7-8-9-10-14-18(19)16-12-11-13-17(15-16)20(2)3/h11-13,15,18H,4-10,14,19H2,1-3H3. The van der Waals surface area contributed by atoms with Crippen molar-refractivity contribution in [1.29, 1.82) is 0 Å². The summed E-state index contributed by atoms with van der Waals surface area (Å²) in [4.78, 5) is 2.13. The number of nitrogens with zero attached hydrogens (tertiary/aromatic N) is 1. The van der Waals surface area contributed by atoms with E-state index < -0.39 is 0 Å². The second-order valence-electron chi connectivity index (χ2n) is 6.01. The number of anilines is 1.